The molecule has 1 aromatic heterocycles. The van der Waals surface area contributed by atoms with Gasteiger partial charge in [-0.1, -0.05) is 35.3 Å². The molecule has 0 spiro atoms. The molecule has 218 valence electrons. The molecule has 0 atom stereocenters. The summed E-state index contributed by atoms with van der Waals surface area (Å²) in [4.78, 5) is 27.9. The van der Waals surface area contributed by atoms with E-state index in [0.29, 0.717) is 48.6 Å². The number of ether oxygens (including phenoxy) is 2. The number of rotatable bonds is 10. The molecule has 2 amide bonds. The third kappa shape index (κ3) is 7.86. The number of carbonyl (C=O) groups excluding carboxylic acids is 2. The van der Waals surface area contributed by atoms with E-state index in [4.69, 9.17) is 37.1 Å². The van der Waals surface area contributed by atoms with Crippen molar-refractivity contribution >= 4 is 69.9 Å². The molecule has 43 heavy (non-hydrogen) atoms. The van der Waals surface area contributed by atoms with E-state index in [2.05, 4.69) is 15.5 Å². The van der Waals surface area contributed by atoms with Gasteiger partial charge in [0.25, 0.3) is 11.8 Å². The second-order valence-electron chi connectivity index (χ2n) is 8.98. The molecule has 1 fully saturated rings. The van der Waals surface area contributed by atoms with Crippen LogP contribution in [-0.2, 0) is 16.1 Å². The Labute approximate surface area is 261 Å². The highest BCUT2D eigenvalue weighted by Crippen LogP contribution is 2.36. The van der Waals surface area contributed by atoms with E-state index in [-0.39, 0.29) is 25.0 Å². The number of halogens is 2. The summed E-state index contributed by atoms with van der Waals surface area (Å²) >= 11 is 13.3. The maximum atomic E-state index is 13.6. The lowest BCUT2D eigenvalue weighted by molar-refractivity contribution is -0.122. The molecule has 0 radical (unpaired) electrons. The SMILES string of the molecule is COc1ccccc1/C=N\N=C1\S/C(=C\c2cc(Cl)ccc2OCC(=O)Nc2ccc(Cl)cc2)C(=O)N1Cc1ccco1. The van der Waals surface area contributed by atoms with Gasteiger partial charge in [0.15, 0.2) is 11.8 Å². The largest absolute Gasteiger partial charge is 0.496 e. The normalized spacial score (nSPS) is 15.0. The number of amidine groups is 1. The minimum atomic E-state index is -0.367. The molecular weight excluding hydrogens is 611 g/mol. The first-order chi connectivity index (χ1) is 20.9. The van der Waals surface area contributed by atoms with Crippen LogP contribution in [0.5, 0.6) is 11.5 Å². The van der Waals surface area contributed by atoms with Crippen molar-refractivity contribution in [1.29, 1.82) is 0 Å². The fourth-order valence-electron chi connectivity index (χ4n) is 3.97. The molecule has 0 saturated carbocycles. The van der Waals surface area contributed by atoms with Gasteiger partial charge in [-0.3, -0.25) is 14.5 Å². The first kappa shape index (κ1) is 30.0. The van der Waals surface area contributed by atoms with Crippen molar-refractivity contribution in [2.75, 3.05) is 19.0 Å². The zero-order valence-electron chi connectivity index (χ0n) is 22.7. The lowest BCUT2D eigenvalue weighted by Gasteiger charge is -2.13. The van der Waals surface area contributed by atoms with Crippen LogP contribution in [0, 0.1) is 0 Å². The fraction of sp³-hybridized carbons (Fsp3) is 0.0968. The average Bonchev–Trinajstić information content (AvgIpc) is 3.62. The molecule has 0 unspecified atom stereocenters. The van der Waals surface area contributed by atoms with Gasteiger partial charge in [-0.15, -0.1) is 5.10 Å². The van der Waals surface area contributed by atoms with E-state index < -0.39 is 0 Å². The Kier molecular flexibility index (Phi) is 9.83. The third-order valence-corrected chi connectivity index (χ3v) is 7.49. The lowest BCUT2D eigenvalue weighted by atomic mass is 10.2. The predicted octanol–water partition coefficient (Wildman–Crippen LogP) is 7.12. The highest BCUT2D eigenvalue weighted by Gasteiger charge is 2.34. The Morgan fingerprint density at radius 3 is 2.56 bits per heavy atom. The second-order valence-corrected chi connectivity index (χ2v) is 10.9. The van der Waals surface area contributed by atoms with E-state index in [0.717, 1.165) is 17.3 Å². The Balaban J connectivity index is 1.37. The Morgan fingerprint density at radius 2 is 1.79 bits per heavy atom. The van der Waals surface area contributed by atoms with Crippen LogP contribution in [-0.4, -0.2) is 41.8 Å². The molecule has 1 N–H and O–H groups in total. The van der Waals surface area contributed by atoms with Crippen molar-refractivity contribution in [2.24, 2.45) is 10.2 Å². The van der Waals surface area contributed by atoms with E-state index in [1.54, 1.807) is 74.0 Å². The van der Waals surface area contributed by atoms with Crippen LogP contribution >= 0.6 is 35.0 Å². The average molecular weight is 636 g/mol. The molecule has 2 heterocycles. The number of carbonyl (C=O) groups is 2. The van der Waals surface area contributed by atoms with Crippen LogP contribution in [0.1, 0.15) is 16.9 Å². The summed E-state index contributed by atoms with van der Waals surface area (Å²) in [5.41, 5.74) is 1.83. The van der Waals surface area contributed by atoms with Crippen molar-refractivity contribution < 1.29 is 23.5 Å². The van der Waals surface area contributed by atoms with Gasteiger partial charge in [0.05, 0.1) is 31.0 Å². The number of hydrogen-bond acceptors (Lipinski definition) is 8. The van der Waals surface area contributed by atoms with Crippen LogP contribution in [0.3, 0.4) is 0 Å². The molecule has 0 aliphatic carbocycles. The van der Waals surface area contributed by atoms with Gasteiger partial charge in [-0.25, -0.2) is 0 Å². The number of anilines is 1. The second kappa shape index (κ2) is 14.1. The van der Waals surface area contributed by atoms with E-state index in [9.17, 15) is 9.59 Å². The lowest BCUT2D eigenvalue weighted by Crippen LogP contribution is -2.28. The Morgan fingerprint density at radius 1 is 1.00 bits per heavy atom. The number of nitrogens with one attached hydrogen (secondary N) is 1. The van der Waals surface area contributed by atoms with Gasteiger partial charge in [0.2, 0.25) is 0 Å². The highest BCUT2D eigenvalue weighted by atomic mass is 35.5. The molecular formula is C31H24Cl2N4O5S. The maximum absolute atomic E-state index is 13.6. The Hall–Kier alpha value is -4.51. The molecule has 1 saturated heterocycles. The first-order valence-electron chi connectivity index (χ1n) is 12.8. The predicted molar refractivity (Wildman–Crippen MR) is 170 cm³/mol. The van der Waals surface area contributed by atoms with E-state index >= 15 is 0 Å². The summed E-state index contributed by atoms with van der Waals surface area (Å²) in [6, 6.07) is 22.6. The summed E-state index contributed by atoms with van der Waals surface area (Å²) in [5.74, 6) is 0.918. The minimum absolute atomic E-state index is 0.156. The third-order valence-electron chi connectivity index (χ3n) is 6.01. The van der Waals surface area contributed by atoms with E-state index in [1.807, 2.05) is 24.3 Å². The van der Waals surface area contributed by atoms with Gasteiger partial charge in [-0.05, 0) is 84.6 Å². The number of amides is 2. The number of para-hydroxylation sites is 1. The summed E-state index contributed by atoms with van der Waals surface area (Å²) in [6.07, 6.45) is 4.74. The van der Waals surface area contributed by atoms with Gasteiger partial charge in [0.1, 0.15) is 17.3 Å². The topological polar surface area (TPSA) is 106 Å². The molecule has 3 aromatic carbocycles. The number of furan rings is 1. The van der Waals surface area contributed by atoms with Crippen molar-refractivity contribution in [2.45, 2.75) is 6.54 Å². The minimum Gasteiger partial charge on any atom is -0.496 e. The van der Waals surface area contributed by atoms with Crippen molar-refractivity contribution in [3.05, 3.63) is 117 Å². The number of methoxy groups -OCH3 is 1. The van der Waals surface area contributed by atoms with Crippen LogP contribution in [0.2, 0.25) is 10.0 Å². The van der Waals surface area contributed by atoms with Crippen molar-refractivity contribution in [1.82, 2.24) is 4.90 Å². The first-order valence-corrected chi connectivity index (χ1v) is 14.4. The maximum Gasteiger partial charge on any atom is 0.267 e. The van der Waals surface area contributed by atoms with Gasteiger partial charge in [-0.2, -0.15) is 5.10 Å². The smallest absolute Gasteiger partial charge is 0.267 e. The highest BCUT2D eigenvalue weighted by molar-refractivity contribution is 8.18. The number of thioether (sulfide) groups is 1. The molecule has 4 aromatic rings. The molecule has 0 bridgehead atoms. The van der Waals surface area contributed by atoms with Gasteiger partial charge >= 0.3 is 0 Å². The summed E-state index contributed by atoms with van der Waals surface area (Å²) in [6.45, 7) is -0.112. The number of hydrogen-bond donors (Lipinski definition) is 1. The van der Waals surface area contributed by atoms with Crippen molar-refractivity contribution in [3.8, 4) is 11.5 Å². The standard InChI is InChI=1S/C31H24Cl2N4O5S/c1-40-26-7-3-2-5-20(26)17-34-36-31-37(18-25-6-4-14-41-25)30(39)28(43-31)16-21-15-23(33)10-13-27(21)42-19-29(38)35-24-11-8-22(32)9-12-24/h2-17H,18-19H2,1H3,(H,35,38)/b28-16-,34-17-,36-31+. The summed E-state index contributed by atoms with van der Waals surface area (Å²) in [7, 11) is 1.58. The van der Waals surface area contributed by atoms with Gasteiger partial charge < -0.3 is 19.2 Å². The molecule has 1 aliphatic rings. The zero-order chi connectivity index (χ0) is 30.2. The zero-order valence-corrected chi connectivity index (χ0v) is 25.0. The Bertz CT molecular complexity index is 1710. The van der Waals surface area contributed by atoms with Gasteiger partial charge in [0, 0.05) is 26.9 Å². The summed E-state index contributed by atoms with van der Waals surface area (Å²) in [5, 5.41) is 12.7. The van der Waals surface area contributed by atoms with Crippen LogP contribution in [0.4, 0.5) is 5.69 Å². The summed E-state index contributed by atoms with van der Waals surface area (Å²) < 4.78 is 16.7. The van der Waals surface area contributed by atoms with Crippen LogP contribution in [0.25, 0.3) is 6.08 Å². The van der Waals surface area contributed by atoms with Crippen molar-refractivity contribution in [3.63, 3.8) is 0 Å². The quantitative estimate of drug-likeness (QED) is 0.113. The van der Waals surface area contributed by atoms with Crippen LogP contribution in [0.15, 0.2) is 105 Å². The molecule has 12 heteroatoms. The monoisotopic (exact) mass is 634 g/mol. The molecule has 5 rings (SSSR count). The molecule has 1 aliphatic heterocycles. The van der Waals surface area contributed by atoms with E-state index in [1.165, 1.54) is 11.2 Å². The fourth-order valence-corrected chi connectivity index (χ4v) is 5.20. The van der Waals surface area contributed by atoms with Crippen LogP contribution < -0.4 is 14.8 Å². The number of nitrogens with zero attached hydrogens (tertiary/aromatic N) is 3. The number of benzene rings is 3. The molecule has 9 nitrogen and oxygen atoms in total.